The molecule has 0 fully saturated rings. The summed E-state index contributed by atoms with van der Waals surface area (Å²) >= 11 is 0. The van der Waals surface area contributed by atoms with Gasteiger partial charge in [-0.25, -0.2) is 0 Å². The van der Waals surface area contributed by atoms with Gasteiger partial charge in [-0.2, -0.15) is 0 Å². The highest BCUT2D eigenvalue weighted by Gasteiger charge is 2.05. The van der Waals surface area contributed by atoms with Crippen LogP contribution in [0.1, 0.15) is 38.2 Å². The van der Waals surface area contributed by atoms with Crippen LogP contribution in [-0.2, 0) is 4.74 Å². The molecular weight excluding hydrogens is 220 g/mol. The van der Waals surface area contributed by atoms with Gasteiger partial charge in [0.15, 0.2) is 0 Å². The van der Waals surface area contributed by atoms with Gasteiger partial charge < -0.3 is 4.74 Å². The second-order valence-electron chi connectivity index (χ2n) is 3.80. The largest absolute Gasteiger partial charge is 0.388 e. The lowest BCUT2D eigenvalue weighted by atomic mass is 9.96. The summed E-state index contributed by atoms with van der Waals surface area (Å²) in [6.07, 6.45) is 11.3. The van der Waals surface area contributed by atoms with E-state index in [4.69, 9.17) is 0 Å². The van der Waals surface area contributed by atoms with Gasteiger partial charge in [0.2, 0.25) is 0 Å². The molecule has 1 heteroatoms. The quantitative estimate of drug-likeness (QED) is 0.636. The Labute approximate surface area is 112 Å². The van der Waals surface area contributed by atoms with Crippen molar-refractivity contribution in [3.8, 4) is 0 Å². The van der Waals surface area contributed by atoms with E-state index in [0.717, 1.165) is 12.8 Å². The summed E-state index contributed by atoms with van der Waals surface area (Å²) in [6.45, 7) is 4.00. The first-order valence-electron chi connectivity index (χ1n) is 6.65. The Bertz CT molecular complexity index is 325. The molecule has 0 spiro atoms. The van der Waals surface area contributed by atoms with Gasteiger partial charge in [-0.3, -0.25) is 0 Å². The number of allylic oxidation sites excluding steroid dienone is 4. The maximum atomic E-state index is 4.25. The fourth-order valence-corrected chi connectivity index (χ4v) is 1.69. The van der Waals surface area contributed by atoms with Crippen molar-refractivity contribution in [3.05, 3.63) is 60.2 Å². The number of rotatable bonds is 1. The van der Waals surface area contributed by atoms with Crippen molar-refractivity contribution in [2.75, 3.05) is 14.2 Å². The molecule has 1 atom stereocenters. The Balaban J connectivity index is 0.000000509. The minimum absolute atomic E-state index is 0.583. The van der Waals surface area contributed by atoms with Gasteiger partial charge in [0.1, 0.15) is 0 Å². The molecule has 1 aliphatic carbocycles. The van der Waals surface area contributed by atoms with E-state index < -0.39 is 0 Å². The molecule has 18 heavy (non-hydrogen) atoms. The minimum atomic E-state index is 0.583. The maximum Gasteiger partial charge on any atom is 0.0351 e. The smallest absolute Gasteiger partial charge is 0.0351 e. The van der Waals surface area contributed by atoms with E-state index in [0.29, 0.717) is 5.92 Å². The maximum absolute atomic E-state index is 4.25. The number of methoxy groups -OCH3 is 1. The predicted octanol–water partition coefficient (Wildman–Crippen LogP) is 4.97. The van der Waals surface area contributed by atoms with Gasteiger partial charge in [-0.15, -0.1) is 0 Å². The third-order valence-corrected chi connectivity index (χ3v) is 2.42. The molecule has 0 saturated heterocycles. The molecule has 100 valence electrons. The Kier molecular flexibility index (Phi) is 11.2. The summed E-state index contributed by atoms with van der Waals surface area (Å²) in [4.78, 5) is 0. The molecule has 0 saturated carbocycles. The zero-order valence-electron chi connectivity index (χ0n) is 12.1. The average Bonchev–Trinajstić information content (AvgIpc) is 2.72. The van der Waals surface area contributed by atoms with Crippen LogP contribution < -0.4 is 0 Å². The van der Waals surface area contributed by atoms with E-state index in [9.17, 15) is 0 Å². The van der Waals surface area contributed by atoms with Crippen LogP contribution in [0, 0.1) is 0 Å². The van der Waals surface area contributed by atoms with Gasteiger partial charge in [0, 0.05) is 20.1 Å². The zero-order valence-corrected chi connectivity index (χ0v) is 12.1. The van der Waals surface area contributed by atoms with Gasteiger partial charge >= 0.3 is 0 Å². The van der Waals surface area contributed by atoms with Crippen LogP contribution in [-0.4, -0.2) is 14.2 Å². The molecule has 2 rings (SSSR count). The van der Waals surface area contributed by atoms with Crippen molar-refractivity contribution in [1.82, 2.24) is 0 Å². The van der Waals surface area contributed by atoms with Gasteiger partial charge in [-0.05, 0) is 18.4 Å². The van der Waals surface area contributed by atoms with Crippen LogP contribution in [0.4, 0.5) is 0 Å². The Morgan fingerprint density at radius 1 is 0.944 bits per heavy atom. The molecule has 0 radical (unpaired) electrons. The highest BCUT2D eigenvalue weighted by Crippen LogP contribution is 2.23. The number of hydrogen-bond acceptors (Lipinski definition) is 1. The molecule has 0 aliphatic heterocycles. The van der Waals surface area contributed by atoms with E-state index in [1.165, 1.54) is 5.56 Å². The van der Waals surface area contributed by atoms with Gasteiger partial charge in [-0.1, -0.05) is 68.5 Å². The summed E-state index contributed by atoms with van der Waals surface area (Å²) in [5, 5.41) is 0. The summed E-state index contributed by atoms with van der Waals surface area (Å²) in [7, 11) is 3.25. The van der Waals surface area contributed by atoms with Gasteiger partial charge in [0.25, 0.3) is 0 Å². The first-order chi connectivity index (χ1) is 8.88. The second-order valence-corrected chi connectivity index (χ2v) is 3.80. The summed E-state index contributed by atoms with van der Waals surface area (Å²) < 4.78 is 4.25. The number of hydrogen-bond donors (Lipinski definition) is 0. The molecule has 1 aromatic rings. The lowest BCUT2D eigenvalue weighted by Crippen LogP contribution is -1.91. The zero-order chi connectivity index (χ0) is 13.6. The number of benzene rings is 1. The van der Waals surface area contributed by atoms with Crippen LogP contribution in [0.3, 0.4) is 0 Å². The third-order valence-electron chi connectivity index (χ3n) is 2.42. The first kappa shape index (κ1) is 16.7. The highest BCUT2D eigenvalue weighted by atomic mass is 16.4. The average molecular weight is 246 g/mol. The monoisotopic (exact) mass is 246 g/mol. The van der Waals surface area contributed by atoms with Crippen LogP contribution in [0.5, 0.6) is 0 Å². The molecule has 1 aromatic carbocycles. The van der Waals surface area contributed by atoms with Crippen molar-refractivity contribution in [2.24, 2.45) is 0 Å². The van der Waals surface area contributed by atoms with Crippen molar-refractivity contribution < 1.29 is 4.74 Å². The summed E-state index contributed by atoms with van der Waals surface area (Å²) in [5.41, 5.74) is 1.42. The van der Waals surface area contributed by atoms with E-state index in [-0.39, 0.29) is 0 Å². The van der Waals surface area contributed by atoms with Crippen LogP contribution >= 0.6 is 0 Å². The Hall–Kier alpha value is -1.34. The van der Waals surface area contributed by atoms with Crippen molar-refractivity contribution in [2.45, 2.75) is 32.6 Å². The van der Waals surface area contributed by atoms with E-state index in [1.54, 1.807) is 14.2 Å². The molecule has 1 aliphatic rings. The molecule has 1 unspecified atom stereocenters. The van der Waals surface area contributed by atoms with Crippen LogP contribution in [0.25, 0.3) is 0 Å². The molecular formula is C17H26O. The topological polar surface area (TPSA) is 9.23 Å². The molecule has 0 amide bonds. The lowest BCUT2D eigenvalue weighted by molar-refractivity contribution is 0.277. The van der Waals surface area contributed by atoms with Gasteiger partial charge in [0.05, 0.1) is 0 Å². The fraction of sp³-hybridized carbons (Fsp3) is 0.412. The number of ether oxygens (including phenoxy) is 1. The minimum Gasteiger partial charge on any atom is -0.388 e. The second kappa shape index (κ2) is 12.1. The summed E-state index contributed by atoms with van der Waals surface area (Å²) in [5.74, 6) is 0.583. The third kappa shape index (κ3) is 7.08. The van der Waals surface area contributed by atoms with Crippen molar-refractivity contribution in [3.63, 3.8) is 0 Å². The normalized spacial score (nSPS) is 16.8. The Morgan fingerprint density at radius 3 is 2.17 bits per heavy atom. The van der Waals surface area contributed by atoms with Crippen LogP contribution in [0.2, 0.25) is 0 Å². The first-order valence-corrected chi connectivity index (χ1v) is 6.65. The molecule has 0 N–H and O–H groups in total. The summed E-state index contributed by atoms with van der Waals surface area (Å²) in [6, 6.07) is 10.7. The SMILES string of the molecule is C1=CCC(c2ccccc2)C=CC1.CC.COC. The van der Waals surface area contributed by atoms with Crippen LogP contribution in [0.15, 0.2) is 54.6 Å². The van der Waals surface area contributed by atoms with E-state index in [2.05, 4.69) is 59.4 Å². The highest BCUT2D eigenvalue weighted by molar-refractivity contribution is 5.25. The van der Waals surface area contributed by atoms with Crippen molar-refractivity contribution in [1.29, 1.82) is 0 Å². The molecule has 1 nitrogen and oxygen atoms in total. The fourth-order valence-electron chi connectivity index (χ4n) is 1.69. The molecule has 0 aromatic heterocycles. The Morgan fingerprint density at radius 2 is 1.56 bits per heavy atom. The van der Waals surface area contributed by atoms with Crippen molar-refractivity contribution >= 4 is 0 Å². The molecule has 0 bridgehead atoms. The van der Waals surface area contributed by atoms with E-state index in [1.807, 2.05) is 13.8 Å². The molecule has 0 heterocycles. The predicted molar refractivity (Wildman–Crippen MR) is 81.0 cm³/mol. The van der Waals surface area contributed by atoms with E-state index >= 15 is 0 Å². The standard InChI is InChI=1S/C13H14.C2H6O.C2H6/c1-2-5-9-12(8-4-1)13-10-6-3-7-11-13;1-3-2;1-2/h1,3-7,9-12H,2,8H2;1-2H3;1-2H3. The lowest BCUT2D eigenvalue weighted by Gasteiger charge is -2.09.